The number of benzene rings is 3. The highest BCUT2D eigenvalue weighted by atomic mass is 79.9. The van der Waals surface area contributed by atoms with Crippen molar-refractivity contribution in [1.29, 1.82) is 0 Å². The van der Waals surface area contributed by atoms with Crippen LogP contribution in [-0.2, 0) is 21.2 Å². The topological polar surface area (TPSA) is 72.9 Å². The summed E-state index contributed by atoms with van der Waals surface area (Å²) >= 11 is 9.71. The van der Waals surface area contributed by atoms with Gasteiger partial charge in [0.2, 0.25) is 5.91 Å². The molecule has 0 fully saturated rings. The van der Waals surface area contributed by atoms with Crippen molar-refractivity contribution in [2.24, 2.45) is 0 Å². The number of carbonyl (C=O) groups excluding carboxylic acids is 1. The molecule has 34 heavy (non-hydrogen) atoms. The van der Waals surface area contributed by atoms with Crippen LogP contribution in [0.4, 0.5) is 5.69 Å². The molecule has 3 aromatic carbocycles. The smallest absolute Gasteiger partial charge is 0.270 e. The van der Waals surface area contributed by atoms with Crippen LogP contribution in [0.3, 0.4) is 0 Å². The molecular weight excluding hydrogens is 542 g/mol. The average Bonchev–Trinajstić information content (AvgIpc) is 2.83. The molecule has 0 N–H and O–H groups in total. The first-order valence-electron chi connectivity index (χ1n) is 10.7. The van der Waals surface area contributed by atoms with Crippen LogP contribution in [0.1, 0.15) is 25.3 Å². The van der Waals surface area contributed by atoms with Crippen LogP contribution in [0.2, 0.25) is 5.02 Å². The molecule has 0 aliphatic carbocycles. The van der Waals surface area contributed by atoms with E-state index < -0.39 is 15.9 Å². The first kappa shape index (κ1) is 26.1. The Morgan fingerprint density at radius 2 is 1.74 bits per heavy atom. The number of hydrogen-bond acceptors (Lipinski definition) is 5. The van der Waals surface area contributed by atoms with E-state index >= 15 is 0 Å². The van der Waals surface area contributed by atoms with E-state index in [-0.39, 0.29) is 28.6 Å². The minimum Gasteiger partial charge on any atom is -0.495 e. The molecule has 180 valence electrons. The molecule has 0 atom stereocenters. The third-order valence-electron chi connectivity index (χ3n) is 5.07. The Labute approximate surface area is 213 Å². The summed E-state index contributed by atoms with van der Waals surface area (Å²) in [5, 5.41) is 0.199. The van der Waals surface area contributed by atoms with E-state index in [0.717, 1.165) is 15.2 Å². The maximum absolute atomic E-state index is 13.4. The van der Waals surface area contributed by atoms with Gasteiger partial charge in [0, 0.05) is 6.42 Å². The van der Waals surface area contributed by atoms with Gasteiger partial charge in [-0.05, 0) is 76.8 Å². The molecule has 6 nitrogen and oxygen atoms in total. The molecule has 0 spiro atoms. The molecule has 3 rings (SSSR count). The summed E-state index contributed by atoms with van der Waals surface area (Å²) in [6.45, 7) is 2.32. The summed E-state index contributed by atoms with van der Waals surface area (Å²) in [5.41, 5.74) is 1.31. The van der Waals surface area contributed by atoms with Crippen molar-refractivity contribution in [2.45, 2.75) is 31.1 Å². The Bertz CT molecular complexity index is 1250. The normalized spacial score (nSPS) is 11.2. The number of amides is 1. The lowest BCUT2D eigenvalue weighted by atomic mass is 10.2. The molecule has 9 heteroatoms. The Balaban J connectivity index is 1.79. The lowest BCUT2D eigenvalue weighted by Gasteiger charge is -2.23. The summed E-state index contributed by atoms with van der Waals surface area (Å²) in [5.74, 6) is 0.456. The van der Waals surface area contributed by atoms with Crippen LogP contribution in [0.25, 0.3) is 0 Å². The van der Waals surface area contributed by atoms with Gasteiger partial charge in [0.05, 0.1) is 33.8 Å². The SMILES string of the molecule is CCc1ccc(OCCCC(=O)N(c2ccc(OC)c(Cl)c2)S(=O)(=O)c2ccccc2)c(Br)c1. The fourth-order valence-electron chi connectivity index (χ4n) is 3.28. The Hall–Kier alpha value is -2.55. The van der Waals surface area contributed by atoms with E-state index in [0.29, 0.717) is 17.9 Å². The fourth-order valence-corrected chi connectivity index (χ4v) is 5.54. The number of anilines is 1. The highest BCUT2D eigenvalue weighted by molar-refractivity contribution is 9.10. The van der Waals surface area contributed by atoms with E-state index in [1.807, 2.05) is 18.2 Å². The number of sulfonamides is 1. The molecule has 0 unspecified atom stereocenters. The van der Waals surface area contributed by atoms with E-state index in [1.165, 1.54) is 43.0 Å². The van der Waals surface area contributed by atoms with Gasteiger partial charge in [-0.2, -0.15) is 0 Å². The number of rotatable bonds is 10. The number of nitrogens with zero attached hydrogens (tertiary/aromatic N) is 1. The Kier molecular flexibility index (Phi) is 8.99. The average molecular weight is 567 g/mol. The largest absolute Gasteiger partial charge is 0.495 e. The second-order valence-corrected chi connectivity index (χ2v) is 10.4. The minimum atomic E-state index is -4.16. The van der Waals surface area contributed by atoms with E-state index in [9.17, 15) is 13.2 Å². The number of methoxy groups -OCH3 is 1. The van der Waals surface area contributed by atoms with Crippen molar-refractivity contribution >= 4 is 49.1 Å². The highest BCUT2D eigenvalue weighted by Gasteiger charge is 2.31. The van der Waals surface area contributed by atoms with Gasteiger partial charge in [-0.15, -0.1) is 0 Å². The number of ether oxygens (including phenoxy) is 2. The van der Waals surface area contributed by atoms with Crippen molar-refractivity contribution in [3.05, 3.63) is 81.8 Å². The van der Waals surface area contributed by atoms with Gasteiger partial charge in [-0.3, -0.25) is 4.79 Å². The zero-order valence-corrected chi connectivity index (χ0v) is 22.0. The van der Waals surface area contributed by atoms with Gasteiger partial charge in [0.15, 0.2) is 0 Å². The highest BCUT2D eigenvalue weighted by Crippen LogP contribution is 2.33. The minimum absolute atomic E-state index is 0.00600. The van der Waals surface area contributed by atoms with Crippen molar-refractivity contribution in [2.75, 3.05) is 18.0 Å². The van der Waals surface area contributed by atoms with Crippen LogP contribution >= 0.6 is 27.5 Å². The summed E-state index contributed by atoms with van der Waals surface area (Å²) in [7, 11) is -2.70. The summed E-state index contributed by atoms with van der Waals surface area (Å²) in [6.07, 6.45) is 1.19. The molecular formula is C25H25BrClNO5S. The molecule has 0 aliphatic heterocycles. The zero-order chi connectivity index (χ0) is 24.7. The van der Waals surface area contributed by atoms with Gasteiger partial charge in [-0.1, -0.05) is 42.8 Å². The molecule has 0 bridgehead atoms. The van der Waals surface area contributed by atoms with Gasteiger partial charge >= 0.3 is 0 Å². The van der Waals surface area contributed by atoms with Crippen LogP contribution in [0.15, 0.2) is 76.1 Å². The summed E-state index contributed by atoms with van der Waals surface area (Å²) in [4.78, 5) is 13.2. The molecule has 0 heterocycles. The van der Waals surface area contributed by atoms with E-state index in [1.54, 1.807) is 18.2 Å². The van der Waals surface area contributed by atoms with Gasteiger partial charge in [0.1, 0.15) is 11.5 Å². The lowest BCUT2D eigenvalue weighted by molar-refractivity contribution is -0.117. The van der Waals surface area contributed by atoms with E-state index in [4.69, 9.17) is 21.1 Å². The maximum atomic E-state index is 13.4. The molecule has 3 aromatic rings. The first-order valence-corrected chi connectivity index (χ1v) is 13.3. The quantitative estimate of drug-likeness (QED) is 0.271. The van der Waals surface area contributed by atoms with E-state index in [2.05, 4.69) is 22.9 Å². The summed E-state index contributed by atoms with van der Waals surface area (Å²) in [6, 6.07) is 18.1. The van der Waals surface area contributed by atoms with Crippen molar-refractivity contribution < 1.29 is 22.7 Å². The number of hydrogen-bond donors (Lipinski definition) is 0. The fraction of sp³-hybridized carbons (Fsp3) is 0.240. The second-order valence-electron chi connectivity index (χ2n) is 7.37. The zero-order valence-electron chi connectivity index (χ0n) is 18.8. The maximum Gasteiger partial charge on any atom is 0.270 e. The summed E-state index contributed by atoms with van der Waals surface area (Å²) < 4.78 is 39.3. The van der Waals surface area contributed by atoms with Gasteiger partial charge in [0.25, 0.3) is 10.0 Å². The van der Waals surface area contributed by atoms with Crippen LogP contribution in [-0.4, -0.2) is 28.0 Å². The van der Waals surface area contributed by atoms with Gasteiger partial charge < -0.3 is 9.47 Å². The number of halogens is 2. The molecule has 0 aliphatic rings. The van der Waals surface area contributed by atoms with Crippen LogP contribution < -0.4 is 13.8 Å². The van der Waals surface area contributed by atoms with Crippen LogP contribution in [0.5, 0.6) is 11.5 Å². The van der Waals surface area contributed by atoms with Crippen molar-refractivity contribution in [3.8, 4) is 11.5 Å². The molecule has 0 aromatic heterocycles. The Morgan fingerprint density at radius 1 is 1.03 bits per heavy atom. The molecule has 0 radical (unpaired) electrons. The molecule has 1 amide bonds. The van der Waals surface area contributed by atoms with Crippen molar-refractivity contribution in [3.63, 3.8) is 0 Å². The molecule has 0 saturated carbocycles. The van der Waals surface area contributed by atoms with Gasteiger partial charge in [-0.25, -0.2) is 12.7 Å². The third kappa shape index (κ3) is 6.11. The standard InChI is InChI=1S/C25H25BrClNO5S/c1-3-18-11-13-23(21(26)16-18)33-15-7-10-25(29)28(19-12-14-24(32-2)22(27)17-19)34(30,31)20-8-5-4-6-9-20/h4-6,8-9,11-14,16-17H,3,7,10,15H2,1-2H3. The molecule has 0 saturated heterocycles. The number of carbonyl (C=O) groups is 1. The Morgan fingerprint density at radius 3 is 2.35 bits per heavy atom. The third-order valence-corrected chi connectivity index (χ3v) is 7.75. The van der Waals surface area contributed by atoms with Crippen molar-refractivity contribution in [1.82, 2.24) is 0 Å². The second kappa shape index (κ2) is 11.7. The number of aryl methyl sites for hydroxylation is 1. The lowest BCUT2D eigenvalue weighted by Crippen LogP contribution is -2.37. The van der Waals surface area contributed by atoms with Crippen LogP contribution in [0, 0.1) is 0 Å². The predicted molar refractivity (Wildman–Crippen MR) is 137 cm³/mol. The predicted octanol–water partition coefficient (Wildman–Crippen LogP) is 6.25. The first-order chi connectivity index (χ1) is 16.3. The monoisotopic (exact) mass is 565 g/mol.